The van der Waals surface area contributed by atoms with E-state index in [0.717, 1.165) is 0 Å². The lowest BCUT2D eigenvalue weighted by molar-refractivity contribution is -0.344. The molecule has 6 heteroatoms. The van der Waals surface area contributed by atoms with Gasteiger partial charge in [0.05, 0.1) is 17.0 Å². The Kier molecular flexibility index (Phi) is 6.99. The van der Waals surface area contributed by atoms with Crippen molar-refractivity contribution in [1.82, 2.24) is 0 Å². The van der Waals surface area contributed by atoms with Crippen molar-refractivity contribution in [3.05, 3.63) is 0 Å². The van der Waals surface area contributed by atoms with E-state index < -0.39 is 19.4 Å². The third-order valence-electron chi connectivity index (χ3n) is 6.57. The molecule has 0 saturated heterocycles. The normalized spacial score (nSPS) is 24.2. The summed E-state index contributed by atoms with van der Waals surface area (Å²) in [6.45, 7) is 2.83. The zero-order valence-electron chi connectivity index (χ0n) is 14.6. The Morgan fingerprint density at radius 1 is 0.792 bits per heavy atom. The van der Waals surface area contributed by atoms with Crippen LogP contribution in [-0.2, 0) is 4.79 Å². The topological polar surface area (TPSA) is 40.1 Å². The SMILES string of the molecule is C[P+](C1CCCC1)(C1CCCC1)C1CCCC1.O=C([O-])C(F)(F)F. The average Bonchev–Trinajstić information content (AvgIpc) is 3.28. The van der Waals surface area contributed by atoms with Gasteiger partial charge in [0, 0.05) is 13.9 Å². The predicted molar refractivity (Wildman–Crippen MR) is 90.7 cm³/mol. The number of aliphatic carboxylic acids is 1. The summed E-state index contributed by atoms with van der Waals surface area (Å²) in [4.78, 5) is 8.78. The van der Waals surface area contributed by atoms with Gasteiger partial charge in [0.25, 0.3) is 0 Å². The quantitative estimate of drug-likeness (QED) is 0.676. The number of hydrogen-bond acceptors (Lipinski definition) is 2. The zero-order chi connectivity index (χ0) is 17.8. The highest BCUT2D eigenvalue weighted by molar-refractivity contribution is 7.77. The highest BCUT2D eigenvalue weighted by Crippen LogP contribution is 2.75. The van der Waals surface area contributed by atoms with E-state index >= 15 is 0 Å². The molecule has 24 heavy (non-hydrogen) atoms. The maximum atomic E-state index is 10.5. The molecule has 0 spiro atoms. The summed E-state index contributed by atoms with van der Waals surface area (Å²) in [7, 11) is -0.612. The van der Waals surface area contributed by atoms with Crippen LogP contribution < -0.4 is 5.11 Å². The molecule has 0 aromatic carbocycles. The van der Waals surface area contributed by atoms with Crippen molar-refractivity contribution >= 4 is 13.2 Å². The van der Waals surface area contributed by atoms with Crippen molar-refractivity contribution in [2.75, 3.05) is 6.66 Å². The molecule has 0 atom stereocenters. The fourth-order valence-electron chi connectivity index (χ4n) is 5.28. The van der Waals surface area contributed by atoms with Crippen LogP contribution in [0.3, 0.4) is 0 Å². The number of halogens is 3. The van der Waals surface area contributed by atoms with Crippen molar-refractivity contribution in [2.24, 2.45) is 0 Å². The first-order chi connectivity index (χ1) is 11.3. The number of carboxylic acid groups (broad SMARTS) is 1. The summed E-state index contributed by atoms with van der Waals surface area (Å²) in [5, 5.41) is 8.78. The minimum atomic E-state index is -5.19. The van der Waals surface area contributed by atoms with Crippen molar-refractivity contribution in [3.8, 4) is 0 Å². The number of rotatable bonds is 3. The van der Waals surface area contributed by atoms with Crippen LogP contribution in [0.2, 0.25) is 0 Å². The van der Waals surface area contributed by atoms with E-state index in [2.05, 4.69) is 6.66 Å². The third kappa shape index (κ3) is 4.65. The number of carboxylic acids is 1. The summed E-state index contributed by atoms with van der Waals surface area (Å²) >= 11 is 0. The second kappa shape index (κ2) is 8.38. The van der Waals surface area contributed by atoms with Gasteiger partial charge in [-0.2, -0.15) is 13.2 Å². The number of alkyl halides is 3. The van der Waals surface area contributed by atoms with Crippen molar-refractivity contribution in [3.63, 3.8) is 0 Å². The first-order valence-electron chi connectivity index (χ1n) is 9.40. The molecule has 140 valence electrons. The molecular weight excluding hydrogens is 336 g/mol. The molecule has 0 aromatic heterocycles. The molecule has 2 nitrogen and oxygen atoms in total. The number of carbonyl (C=O) groups excluding carboxylic acids is 1. The van der Waals surface area contributed by atoms with Crippen LogP contribution in [0, 0.1) is 0 Å². The summed E-state index contributed by atoms with van der Waals surface area (Å²) in [6.07, 6.45) is 13.8. The molecule has 0 heterocycles. The van der Waals surface area contributed by atoms with E-state index in [1.54, 1.807) is 77.0 Å². The largest absolute Gasteiger partial charge is 0.542 e. The Morgan fingerprint density at radius 3 is 1.17 bits per heavy atom. The maximum Gasteiger partial charge on any atom is 0.430 e. The zero-order valence-corrected chi connectivity index (χ0v) is 15.5. The predicted octanol–water partition coefficient (Wildman–Crippen LogP) is 4.76. The molecule has 0 radical (unpaired) electrons. The van der Waals surface area contributed by atoms with Gasteiger partial charge in [-0.3, -0.25) is 0 Å². The molecule has 3 saturated carbocycles. The Bertz CT molecular complexity index is 366. The van der Waals surface area contributed by atoms with E-state index in [0.29, 0.717) is 0 Å². The minimum Gasteiger partial charge on any atom is -0.542 e. The molecule has 0 aliphatic heterocycles. The lowest BCUT2D eigenvalue weighted by Gasteiger charge is -2.39. The fourth-order valence-corrected chi connectivity index (χ4v) is 11.5. The van der Waals surface area contributed by atoms with E-state index in [1.807, 2.05) is 0 Å². The molecule has 0 amide bonds. The monoisotopic (exact) mass is 366 g/mol. The standard InChI is InChI=1S/C16H30P.C2HF3O2/c1-17(14-8-2-3-9-14,15-10-4-5-11-15)16-12-6-7-13-16;3-2(4,5)1(6)7/h14-16H,2-13H2,1H3;(H,6,7)/q+1;/p-1. The lowest BCUT2D eigenvalue weighted by Crippen LogP contribution is -2.37. The smallest absolute Gasteiger partial charge is 0.430 e. The van der Waals surface area contributed by atoms with Gasteiger partial charge in [0.1, 0.15) is 5.97 Å². The molecule has 3 fully saturated rings. The van der Waals surface area contributed by atoms with Gasteiger partial charge in [-0.25, -0.2) is 0 Å². The van der Waals surface area contributed by atoms with Crippen LogP contribution in [-0.4, -0.2) is 35.8 Å². The Morgan fingerprint density at radius 2 is 1.00 bits per heavy atom. The van der Waals surface area contributed by atoms with Crippen molar-refractivity contribution in [2.45, 2.75) is 100 Å². The lowest BCUT2D eigenvalue weighted by atomic mass is 10.3. The Balaban J connectivity index is 0.000000256. The number of carbonyl (C=O) groups is 1. The Labute approximate surface area is 143 Å². The maximum absolute atomic E-state index is 10.5. The third-order valence-corrected chi connectivity index (χ3v) is 12.8. The second-order valence-corrected chi connectivity index (χ2v) is 12.5. The first kappa shape index (κ1) is 20.0. The summed E-state index contributed by atoms with van der Waals surface area (Å²) in [5.74, 6) is -3.01. The van der Waals surface area contributed by atoms with E-state index in [-0.39, 0.29) is 0 Å². The highest BCUT2D eigenvalue weighted by Gasteiger charge is 2.54. The Hall–Kier alpha value is -0.310. The molecular formula is C18H30F3O2P. The van der Waals surface area contributed by atoms with Crippen LogP contribution >= 0.6 is 7.26 Å². The van der Waals surface area contributed by atoms with Gasteiger partial charge >= 0.3 is 6.18 Å². The van der Waals surface area contributed by atoms with Crippen LogP contribution in [0.4, 0.5) is 13.2 Å². The van der Waals surface area contributed by atoms with E-state index in [9.17, 15) is 13.2 Å². The molecule has 3 aliphatic carbocycles. The van der Waals surface area contributed by atoms with Crippen molar-refractivity contribution < 1.29 is 23.1 Å². The molecule has 0 bridgehead atoms. The second-order valence-electron chi connectivity index (χ2n) is 7.82. The van der Waals surface area contributed by atoms with Crippen LogP contribution in [0.5, 0.6) is 0 Å². The minimum absolute atomic E-state index is 0.612. The fraction of sp³-hybridized carbons (Fsp3) is 0.944. The summed E-state index contributed by atoms with van der Waals surface area (Å²) in [6, 6.07) is 0. The highest BCUT2D eigenvalue weighted by atomic mass is 31.2. The van der Waals surface area contributed by atoms with Crippen LogP contribution in [0.1, 0.15) is 77.0 Å². The van der Waals surface area contributed by atoms with E-state index in [4.69, 9.17) is 9.90 Å². The molecule has 0 aromatic rings. The molecule has 0 N–H and O–H groups in total. The summed E-state index contributed by atoms with van der Waals surface area (Å²) in [5.41, 5.74) is 3.61. The van der Waals surface area contributed by atoms with Crippen LogP contribution in [0.25, 0.3) is 0 Å². The van der Waals surface area contributed by atoms with Crippen molar-refractivity contribution in [1.29, 1.82) is 0 Å². The van der Waals surface area contributed by atoms with Gasteiger partial charge < -0.3 is 9.90 Å². The van der Waals surface area contributed by atoms with Gasteiger partial charge in [-0.15, -0.1) is 0 Å². The number of hydrogen-bond donors (Lipinski definition) is 0. The van der Waals surface area contributed by atoms with E-state index in [1.165, 1.54) is 17.0 Å². The summed E-state index contributed by atoms with van der Waals surface area (Å²) < 4.78 is 31.5. The van der Waals surface area contributed by atoms with Gasteiger partial charge in [-0.05, 0) is 77.0 Å². The molecule has 3 aliphatic rings. The van der Waals surface area contributed by atoms with Crippen LogP contribution in [0.15, 0.2) is 0 Å². The first-order valence-corrected chi connectivity index (χ1v) is 11.8. The molecule has 0 unspecified atom stereocenters. The molecule has 3 rings (SSSR count). The van der Waals surface area contributed by atoms with Gasteiger partial charge in [-0.1, -0.05) is 0 Å². The average molecular weight is 366 g/mol. The van der Waals surface area contributed by atoms with Gasteiger partial charge in [0.15, 0.2) is 0 Å². The van der Waals surface area contributed by atoms with Gasteiger partial charge in [0.2, 0.25) is 0 Å².